The molecule has 8 heteroatoms. The standard InChI is InChI=1S/C16H20N6O2/c17-8-12-2-1-11(7-14(12)19-13-9-23-10-13)15-20-16(24-21-15)22-5-3-18-4-6-22/h1-2,7-8,13,17-19H,3-6,9-10H2. The van der Waals surface area contributed by atoms with E-state index in [1.165, 1.54) is 6.21 Å². The molecule has 2 saturated heterocycles. The zero-order valence-corrected chi connectivity index (χ0v) is 13.3. The van der Waals surface area contributed by atoms with Crippen molar-refractivity contribution in [2.45, 2.75) is 6.04 Å². The van der Waals surface area contributed by atoms with Crippen LogP contribution in [0.15, 0.2) is 22.7 Å². The fourth-order valence-corrected chi connectivity index (χ4v) is 2.80. The normalized spacial score (nSPS) is 18.2. The fraction of sp³-hybridized carbons (Fsp3) is 0.438. The highest BCUT2D eigenvalue weighted by molar-refractivity contribution is 5.87. The van der Waals surface area contributed by atoms with E-state index in [0.29, 0.717) is 31.1 Å². The minimum Gasteiger partial charge on any atom is -0.377 e. The Morgan fingerprint density at radius 2 is 2.12 bits per heavy atom. The summed E-state index contributed by atoms with van der Waals surface area (Å²) >= 11 is 0. The van der Waals surface area contributed by atoms with Crippen LogP contribution in [0.5, 0.6) is 0 Å². The van der Waals surface area contributed by atoms with Crippen LogP contribution in [-0.2, 0) is 4.74 Å². The van der Waals surface area contributed by atoms with Crippen molar-refractivity contribution in [3.05, 3.63) is 23.8 Å². The molecular formula is C16H20N6O2. The number of hydrogen-bond donors (Lipinski definition) is 3. The van der Waals surface area contributed by atoms with E-state index in [4.69, 9.17) is 14.7 Å². The van der Waals surface area contributed by atoms with Gasteiger partial charge in [-0.2, -0.15) is 4.98 Å². The largest absolute Gasteiger partial charge is 0.377 e. The molecule has 24 heavy (non-hydrogen) atoms. The average molecular weight is 328 g/mol. The maximum Gasteiger partial charge on any atom is 0.324 e. The minimum atomic E-state index is 0.292. The molecule has 2 aliphatic rings. The lowest BCUT2D eigenvalue weighted by Crippen LogP contribution is -2.43. The first-order valence-electron chi connectivity index (χ1n) is 8.12. The summed E-state index contributed by atoms with van der Waals surface area (Å²) < 4.78 is 10.6. The van der Waals surface area contributed by atoms with Crippen LogP contribution in [0, 0.1) is 5.41 Å². The zero-order chi connectivity index (χ0) is 16.4. The van der Waals surface area contributed by atoms with Gasteiger partial charge in [-0.05, 0) is 6.07 Å². The Hall–Kier alpha value is -2.45. The van der Waals surface area contributed by atoms with Gasteiger partial charge in [0, 0.05) is 49.2 Å². The Morgan fingerprint density at radius 3 is 2.83 bits per heavy atom. The Balaban J connectivity index is 1.57. The number of nitrogens with one attached hydrogen (secondary N) is 3. The third kappa shape index (κ3) is 2.98. The SMILES string of the molecule is N=Cc1ccc(-c2noc(N3CCNCC3)n2)cc1NC1COC1. The fourth-order valence-electron chi connectivity index (χ4n) is 2.80. The number of aromatic nitrogens is 2. The summed E-state index contributed by atoms with van der Waals surface area (Å²) in [5.74, 6) is 0.563. The molecule has 8 nitrogen and oxygen atoms in total. The lowest BCUT2D eigenvalue weighted by molar-refractivity contribution is 0.0211. The number of rotatable bonds is 5. The van der Waals surface area contributed by atoms with E-state index in [1.807, 2.05) is 18.2 Å². The molecule has 2 fully saturated rings. The Labute approximate surface area is 139 Å². The van der Waals surface area contributed by atoms with Crippen LogP contribution in [0.1, 0.15) is 5.56 Å². The Kier molecular flexibility index (Phi) is 4.14. The molecule has 3 N–H and O–H groups in total. The second-order valence-corrected chi connectivity index (χ2v) is 5.96. The van der Waals surface area contributed by atoms with E-state index in [-0.39, 0.29) is 0 Å². The van der Waals surface area contributed by atoms with Gasteiger partial charge in [-0.1, -0.05) is 17.3 Å². The van der Waals surface area contributed by atoms with Crippen LogP contribution in [0.4, 0.5) is 11.7 Å². The lowest BCUT2D eigenvalue weighted by Gasteiger charge is -2.28. The maximum atomic E-state index is 7.56. The minimum absolute atomic E-state index is 0.292. The summed E-state index contributed by atoms with van der Waals surface area (Å²) in [5.41, 5.74) is 2.59. The van der Waals surface area contributed by atoms with Gasteiger partial charge in [0.15, 0.2) is 0 Å². The van der Waals surface area contributed by atoms with Crippen molar-refractivity contribution in [3.63, 3.8) is 0 Å². The van der Waals surface area contributed by atoms with Gasteiger partial charge in [0.05, 0.1) is 19.3 Å². The molecule has 2 aromatic rings. The predicted octanol–water partition coefficient (Wildman–Crippen LogP) is 0.955. The van der Waals surface area contributed by atoms with E-state index in [1.54, 1.807) is 0 Å². The number of benzene rings is 1. The first-order chi connectivity index (χ1) is 11.8. The van der Waals surface area contributed by atoms with Crippen LogP contribution in [0.25, 0.3) is 11.4 Å². The van der Waals surface area contributed by atoms with Gasteiger partial charge in [0.2, 0.25) is 5.82 Å². The van der Waals surface area contributed by atoms with Crippen LogP contribution in [0.2, 0.25) is 0 Å². The van der Waals surface area contributed by atoms with Crippen LogP contribution in [0.3, 0.4) is 0 Å². The molecule has 0 atom stereocenters. The second kappa shape index (κ2) is 6.58. The summed E-state index contributed by atoms with van der Waals surface area (Å²) in [7, 11) is 0. The summed E-state index contributed by atoms with van der Waals surface area (Å²) in [5, 5.41) is 18.4. The van der Waals surface area contributed by atoms with E-state index in [9.17, 15) is 0 Å². The monoisotopic (exact) mass is 328 g/mol. The van der Waals surface area contributed by atoms with E-state index in [2.05, 4.69) is 25.7 Å². The van der Waals surface area contributed by atoms with Gasteiger partial charge in [-0.3, -0.25) is 0 Å². The van der Waals surface area contributed by atoms with E-state index in [0.717, 1.165) is 43.0 Å². The summed E-state index contributed by atoms with van der Waals surface area (Å²) in [6, 6.07) is 6.62. The number of ether oxygens (including phenoxy) is 1. The van der Waals surface area contributed by atoms with Crippen LogP contribution in [-0.4, -0.2) is 61.8 Å². The van der Waals surface area contributed by atoms with E-state index < -0.39 is 0 Å². The zero-order valence-electron chi connectivity index (χ0n) is 13.3. The lowest BCUT2D eigenvalue weighted by atomic mass is 10.1. The highest BCUT2D eigenvalue weighted by atomic mass is 16.5. The maximum absolute atomic E-state index is 7.56. The quantitative estimate of drug-likeness (QED) is 0.703. The number of anilines is 2. The first kappa shape index (κ1) is 15.1. The van der Waals surface area contributed by atoms with Gasteiger partial charge < -0.3 is 30.2 Å². The Morgan fingerprint density at radius 1 is 1.29 bits per heavy atom. The molecule has 126 valence electrons. The second-order valence-electron chi connectivity index (χ2n) is 5.96. The topological polar surface area (TPSA) is 99.3 Å². The number of nitrogens with zero attached hydrogens (tertiary/aromatic N) is 3. The average Bonchev–Trinajstić information content (AvgIpc) is 3.09. The third-order valence-corrected chi connectivity index (χ3v) is 4.27. The molecular weight excluding hydrogens is 308 g/mol. The van der Waals surface area contributed by atoms with Gasteiger partial charge >= 0.3 is 6.01 Å². The summed E-state index contributed by atoms with van der Waals surface area (Å²) in [6.45, 7) is 4.95. The number of piperazine rings is 1. The van der Waals surface area contributed by atoms with Crippen molar-refractivity contribution in [1.82, 2.24) is 15.5 Å². The number of hydrogen-bond acceptors (Lipinski definition) is 8. The van der Waals surface area contributed by atoms with Crippen molar-refractivity contribution >= 4 is 17.9 Å². The molecule has 1 aromatic heterocycles. The smallest absolute Gasteiger partial charge is 0.324 e. The van der Waals surface area contributed by atoms with Crippen molar-refractivity contribution in [1.29, 1.82) is 5.41 Å². The van der Waals surface area contributed by atoms with Crippen molar-refractivity contribution in [2.24, 2.45) is 0 Å². The van der Waals surface area contributed by atoms with Gasteiger partial charge in [-0.25, -0.2) is 0 Å². The summed E-state index contributed by atoms with van der Waals surface area (Å²) in [4.78, 5) is 6.61. The van der Waals surface area contributed by atoms with Crippen LogP contribution < -0.4 is 15.5 Å². The van der Waals surface area contributed by atoms with Gasteiger partial charge in [-0.15, -0.1) is 0 Å². The molecule has 0 aliphatic carbocycles. The molecule has 0 unspecified atom stereocenters. The molecule has 0 bridgehead atoms. The molecule has 2 aliphatic heterocycles. The Bertz CT molecular complexity index is 721. The summed E-state index contributed by atoms with van der Waals surface area (Å²) in [6.07, 6.45) is 1.34. The van der Waals surface area contributed by atoms with Crippen LogP contribution >= 0.6 is 0 Å². The van der Waals surface area contributed by atoms with Crippen molar-refractivity contribution < 1.29 is 9.26 Å². The molecule has 3 heterocycles. The van der Waals surface area contributed by atoms with Crippen molar-refractivity contribution in [2.75, 3.05) is 49.6 Å². The molecule has 0 spiro atoms. The molecule has 4 rings (SSSR count). The predicted molar refractivity (Wildman–Crippen MR) is 90.9 cm³/mol. The first-order valence-corrected chi connectivity index (χ1v) is 8.12. The molecule has 1 aromatic carbocycles. The van der Waals surface area contributed by atoms with E-state index >= 15 is 0 Å². The molecule has 0 saturated carbocycles. The van der Waals surface area contributed by atoms with Crippen molar-refractivity contribution in [3.8, 4) is 11.4 Å². The van der Waals surface area contributed by atoms with Gasteiger partial charge in [0.25, 0.3) is 0 Å². The highest BCUT2D eigenvalue weighted by Gasteiger charge is 2.21. The van der Waals surface area contributed by atoms with Gasteiger partial charge in [0.1, 0.15) is 0 Å². The molecule has 0 radical (unpaired) electrons. The third-order valence-electron chi connectivity index (χ3n) is 4.27. The molecule has 0 amide bonds. The highest BCUT2D eigenvalue weighted by Crippen LogP contribution is 2.26.